The second-order valence-corrected chi connectivity index (χ2v) is 8.56. The fraction of sp³-hybridized carbons (Fsp3) is 0.619. The molecule has 1 saturated carbocycles. The minimum absolute atomic E-state index is 0.0232. The smallest absolute Gasteiger partial charge is 0.381 e. The maximum absolute atomic E-state index is 14.7. The molecule has 2 aliphatic rings. The van der Waals surface area contributed by atoms with E-state index >= 15 is 0 Å². The first kappa shape index (κ1) is 23.8. The maximum atomic E-state index is 14.7. The lowest BCUT2D eigenvalue weighted by Crippen LogP contribution is -2.62. The number of Topliss-reactive ketones (excluding diaryl/α,β-unsaturated/α-hetero) is 1. The van der Waals surface area contributed by atoms with E-state index < -0.39 is 39.7 Å². The number of carbonyl (C=O) groups excluding carboxylic acids is 2. The van der Waals surface area contributed by atoms with E-state index in [-0.39, 0.29) is 56.9 Å². The lowest BCUT2D eigenvalue weighted by Gasteiger charge is -2.53. The van der Waals surface area contributed by atoms with Gasteiger partial charge in [0.1, 0.15) is 22.7 Å². The van der Waals surface area contributed by atoms with E-state index in [2.05, 4.69) is 9.57 Å². The van der Waals surface area contributed by atoms with Gasteiger partial charge in [0.2, 0.25) is 0 Å². The van der Waals surface area contributed by atoms with Gasteiger partial charge < -0.3 is 19.4 Å². The van der Waals surface area contributed by atoms with E-state index in [4.69, 9.17) is 4.74 Å². The highest BCUT2D eigenvalue weighted by Gasteiger charge is 2.58. The molecule has 176 valence electrons. The van der Waals surface area contributed by atoms with Crippen molar-refractivity contribution in [3.05, 3.63) is 39.4 Å². The number of ether oxygens (including phenoxy) is 2. The highest BCUT2D eigenvalue weighted by Crippen LogP contribution is 2.54. The van der Waals surface area contributed by atoms with Crippen LogP contribution in [0.5, 0.6) is 5.75 Å². The lowest BCUT2D eigenvalue weighted by molar-refractivity contribution is -0.757. The standard InChI is InChI=1S/C21H25F2NO8/c1-19(2)20(27)8-7-14(25)12-16(20)15-6-5-13(11-17(15)32-19)21(22,23)18(26)30-9-3-4-10-31-24(28)29/h5-6,11,16,27H,3-4,7-10,12H2,1-2H3/t16-,20+/m1/s1. The molecule has 0 unspecified atom stereocenters. The number of aliphatic hydroxyl groups is 1. The molecule has 0 aromatic heterocycles. The van der Waals surface area contributed by atoms with Gasteiger partial charge in [0.25, 0.3) is 5.09 Å². The molecule has 9 nitrogen and oxygen atoms in total. The number of carbonyl (C=O) groups is 2. The zero-order valence-electron chi connectivity index (χ0n) is 17.8. The first-order chi connectivity index (χ1) is 14.9. The Bertz CT molecular complexity index is 919. The van der Waals surface area contributed by atoms with Crippen molar-refractivity contribution in [1.82, 2.24) is 0 Å². The van der Waals surface area contributed by atoms with Crippen LogP contribution in [0.4, 0.5) is 8.78 Å². The van der Waals surface area contributed by atoms with Gasteiger partial charge in [-0.2, -0.15) is 8.78 Å². The monoisotopic (exact) mass is 457 g/mol. The largest absolute Gasteiger partial charge is 0.485 e. The Labute approximate surface area is 182 Å². The van der Waals surface area contributed by atoms with Crippen LogP contribution in [0.2, 0.25) is 0 Å². The minimum Gasteiger partial charge on any atom is -0.485 e. The van der Waals surface area contributed by atoms with Gasteiger partial charge in [-0.15, -0.1) is 10.1 Å². The number of ketones is 1. The van der Waals surface area contributed by atoms with Crippen LogP contribution in [0.25, 0.3) is 0 Å². The molecule has 0 amide bonds. The number of benzene rings is 1. The molecule has 1 aromatic rings. The van der Waals surface area contributed by atoms with Gasteiger partial charge in [0.05, 0.1) is 13.2 Å². The third kappa shape index (κ3) is 4.38. The predicted molar refractivity (Wildman–Crippen MR) is 105 cm³/mol. The number of nitrogens with zero attached hydrogens (tertiary/aromatic N) is 1. The van der Waals surface area contributed by atoms with Crippen LogP contribution in [0.15, 0.2) is 18.2 Å². The Kier molecular flexibility index (Phi) is 6.41. The highest BCUT2D eigenvalue weighted by molar-refractivity contribution is 5.82. The molecule has 3 rings (SSSR count). The van der Waals surface area contributed by atoms with Crippen molar-refractivity contribution in [2.75, 3.05) is 13.2 Å². The average molecular weight is 457 g/mol. The molecule has 1 aliphatic carbocycles. The van der Waals surface area contributed by atoms with E-state index in [1.54, 1.807) is 13.8 Å². The van der Waals surface area contributed by atoms with Crippen molar-refractivity contribution < 1.29 is 42.9 Å². The Morgan fingerprint density at radius 1 is 1.34 bits per heavy atom. The fourth-order valence-corrected chi connectivity index (χ4v) is 4.28. The molecule has 0 saturated heterocycles. The SMILES string of the molecule is CC1(C)Oc2cc(C(F)(F)C(=O)OCCCCO[N+](=O)[O-])ccc2[C@H]2CC(=O)CC[C@]21O. The van der Waals surface area contributed by atoms with E-state index in [1.165, 1.54) is 6.07 Å². The van der Waals surface area contributed by atoms with Crippen molar-refractivity contribution in [2.45, 2.75) is 69.0 Å². The van der Waals surface area contributed by atoms with Gasteiger partial charge >= 0.3 is 11.9 Å². The van der Waals surface area contributed by atoms with Crippen LogP contribution in [0, 0.1) is 10.1 Å². The molecular weight excluding hydrogens is 432 g/mol. The number of rotatable bonds is 8. The summed E-state index contributed by atoms with van der Waals surface area (Å²) in [5.74, 6) is -6.26. The van der Waals surface area contributed by atoms with Crippen LogP contribution in [0.1, 0.15) is 63.0 Å². The summed E-state index contributed by atoms with van der Waals surface area (Å²) in [6.45, 7) is 2.71. The van der Waals surface area contributed by atoms with Crippen LogP contribution in [0.3, 0.4) is 0 Å². The zero-order valence-corrected chi connectivity index (χ0v) is 17.8. The van der Waals surface area contributed by atoms with Crippen molar-refractivity contribution in [1.29, 1.82) is 0 Å². The summed E-state index contributed by atoms with van der Waals surface area (Å²) in [6, 6.07) is 3.46. The summed E-state index contributed by atoms with van der Waals surface area (Å²) in [4.78, 5) is 38.1. The number of hydrogen-bond acceptors (Lipinski definition) is 8. The fourth-order valence-electron chi connectivity index (χ4n) is 4.28. The van der Waals surface area contributed by atoms with Crippen LogP contribution < -0.4 is 4.74 Å². The molecule has 0 bridgehead atoms. The molecule has 1 aliphatic heterocycles. The van der Waals surface area contributed by atoms with Gasteiger partial charge in [0.15, 0.2) is 0 Å². The molecule has 0 radical (unpaired) electrons. The van der Waals surface area contributed by atoms with Crippen molar-refractivity contribution in [3.63, 3.8) is 0 Å². The molecular formula is C21H25F2NO8. The number of halogens is 2. The Balaban J connectivity index is 1.74. The van der Waals surface area contributed by atoms with Crippen molar-refractivity contribution >= 4 is 11.8 Å². The summed E-state index contributed by atoms with van der Waals surface area (Å²) in [6.07, 6.45) is 0.777. The van der Waals surface area contributed by atoms with E-state index in [1.807, 2.05) is 0 Å². The van der Waals surface area contributed by atoms with E-state index in [9.17, 15) is 33.6 Å². The predicted octanol–water partition coefficient (Wildman–Crippen LogP) is 3.05. The quantitative estimate of drug-likeness (QED) is 0.273. The van der Waals surface area contributed by atoms with E-state index in [0.717, 1.165) is 12.1 Å². The molecule has 1 heterocycles. The number of esters is 1. The summed E-state index contributed by atoms with van der Waals surface area (Å²) < 4.78 is 39.9. The Morgan fingerprint density at radius 3 is 2.72 bits per heavy atom. The topological polar surface area (TPSA) is 125 Å². The third-order valence-corrected chi connectivity index (χ3v) is 6.18. The number of unbranched alkanes of at least 4 members (excludes halogenated alkanes) is 1. The first-order valence-corrected chi connectivity index (χ1v) is 10.3. The maximum Gasteiger partial charge on any atom is 0.381 e. The van der Waals surface area contributed by atoms with Crippen LogP contribution in [-0.4, -0.2) is 46.4 Å². The van der Waals surface area contributed by atoms with Crippen LogP contribution in [-0.2, 0) is 25.1 Å². The summed E-state index contributed by atoms with van der Waals surface area (Å²) >= 11 is 0. The molecule has 2 atom stereocenters. The van der Waals surface area contributed by atoms with Gasteiger partial charge in [0, 0.05) is 29.9 Å². The molecule has 1 fully saturated rings. The summed E-state index contributed by atoms with van der Waals surface area (Å²) in [5, 5.41) is 20.3. The Hall–Kier alpha value is -2.82. The second kappa shape index (κ2) is 8.61. The normalized spacial score (nSPS) is 24.0. The van der Waals surface area contributed by atoms with Gasteiger partial charge in [-0.25, -0.2) is 4.79 Å². The molecule has 1 aromatic carbocycles. The third-order valence-electron chi connectivity index (χ3n) is 6.18. The number of hydrogen-bond donors (Lipinski definition) is 1. The molecule has 32 heavy (non-hydrogen) atoms. The molecule has 1 N–H and O–H groups in total. The van der Waals surface area contributed by atoms with Crippen LogP contribution >= 0.6 is 0 Å². The van der Waals surface area contributed by atoms with Gasteiger partial charge in [-0.1, -0.05) is 12.1 Å². The zero-order chi connectivity index (χ0) is 23.7. The van der Waals surface area contributed by atoms with Crippen molar-refractivity contribution in [3.8, 4) is 5.75 Å². The first-order valence-electron chi connectivity index (χ1n) is 10.3. The van der Waals surface area contributed by atoms with Crippen molar-refractivity contribution in [2.24, 2.45) is 0 Å². The van der Waals surface area contributed by atoms with E-state index in [0.29, 0.717) is 5.56 Å². The highest BCUT2D eigenvalue weighted by atomic mass is 19.3. The summed E-state index contributed by atoms with van der Waals surface area (Å²) in [5.41, 5.74) is -2.65. The number of alkyl halides is 2. The second-order valence-electron chi connectivity index (χ2n) is 8.56. The minimum atomic E-state index is -3.96. The molecule has 11 heteroatoms. The van der Waals surface area contributed by atoms with Gasteiger partial charge in [-0.05, 0) is 39.2 Å². The van der Waals surface area contributed by atoms with Gasteiger partial charge in [-0.3, -0.25) is 4.79 Å². The average Bonchev–Trinajstić information content (AvgIpc) is 2.71. The molecule has 0 spiro atoms. The Morgan fingerprint density at radius 2 is 2.03 bits per heavy atom. The number of fused-ring (bicyclic) bond motifs is 3. The summed E-state index contributed by atoms with van der Waals surface area (Å²) in [7, 11) is 0. The lowest BCUT2D eigenvalue weighted by atomic mass is 9.63.